The van der Waals surface area contributed by atoms with Crippen LogP contribution in [-0.4, -0.2) is 62.2 Å². The molecule has 1 aromatic heterocycles. The maximum absolute atomic E-state index is 12.6. The van der Waals surface area contributed by atoms with E-state index < -0.39 is 10.0 Å². The molecule has 9 heteroatoms. The van der Waals surface area contributed by atoms with Gasteiger partial charge in [-0.15, -0.1) is 11.3 Å². The largest absolute Gasteiger partial charge is 0.342 e. The van der Waals surface area contributed by atoms with Crippen LogP contribution in [0, 0.1) is 6.92 Å². The van der Waals surface area contributed by atoms with Crippen LogP contribution in [0.25, 0.3) is 0 Å². The molecular formula is C19H23N3O4S2. The van der Waals surface area contributed by atoms with Crippen molar-refractivity contribution in [3.8, 4) is 0 Å². The summed E-state index contributed by atoms with van der Waals surface area (Å²) >= 11 is 1.38. The number of amides is 2. The number of sulfonamides is 1. The summed E-state index contributed by atoms with van der Waals surface area (Å²) in [6.45, 7) is 2.99. The second kappa shape index (κ2) is 8.85. The van der Waals surface area contributed by atoms with Crippen LogP contribution in [0.1, 0.15) is 20.1 Å². The lowest BCUT2D eigenvalue weighted by molar-refractivity contribution is -0.131. The highest BCUT2D eigenvalue weighted by Gasteiger charge is 2.29. The summed E-state index contributed by atoms with van der Waals surface area (Å²) in [5.74, 6) is -0.518. The molecule has 7 nitrogen and oxygen atoms in total. The normalized spacial score (nSPS) is 15.4. The van der Waals surface area contributed by atoms with Gasteiger partial charge in [-0.3, -0.25) is 9.59 Å². The van der Waals surface area contributed by atoms with E-state index in [4.69, 9.17) is 0 Å². The molecule has 0 bridgehead atoms. The first-order valence-electron chi connectivity index (χ1n) is 8.99. The Labute approximate surface area is 169 Å². The molecule has 2 amide bonds. The molecule has 0 unspecified atom stereocenters. The van der Waals surface area contributed by atoms with E-state index in [1.165, 1.54) is 15.6 Å². The Kier molecular flexibility index (Phi) is 6.48. The number of hydrogen-bond acceptors (Lipinski definition) is 5. The number of piperazine rings is 1. The molecular weight excluding hydrogens is 398 g/mol. The zero-order valence-corrected chi connectivity index (χ0v) is 17.3. The van der Waals surface area contributed by atoms with Gasteiger partial charge in [0.05, 0.1) is 17.2 Å². The van der Waals surface area contributed by atoms with Crippen LogP contribution in [0.4, 0.5) is 0 Å². The van der Waals surface area contributed by atoms with Crippen molar-refractivity contribution < 1.29 is 18.0 Å². The quantitative estimate of drug-likeness (QED) is 0.765. The van der Waals surface area contributed by atoms with Crippen molar-refractivity contribution in [1.82, 2.24) is 14.5 Å². The Morgan fingerprint density at radius 2 is 1.71 bits per heavy atom. The summed E-state index contributed by atoms with van der Waals surface area (Å²) in [5, 5.41) is 2.63. The van der Waals surface area contributed by atoms with Crippen molar-refractivity contribution >= 4 is 33.2 Å². The molecule has 2 aromatic rings. The molecule has 1 fully saturated rings. The van der Waals surface area contributed by atoms with Crippen molar-refractivity contribution in [2.45, 2.75) is 12.7 Å². The fourth-order valence-corrected chi connectivity index (χ4v) is 5.30. The Balaban J connectivity index is 1.47. The van der Waals surface area contributed by atoms with E-state index in [0.717, 1.165) is 10.4 Å². The first kappa shape index (κ1) is 20.5. The average molecular weight is 422 g/mol. The summed E-state index contributed by atoms with van der Waals surface area (Å²) in [4.78, 5) is 27.6. The van der Waals surface area contributed by atoms with E-state index >= 15 is 0 Å². The number of benzene rings is 1. The molecule has 1 N–H and O–H groups in total. The van der Waals surface area contributed by atoms with E-state index in [9.17, 15) is 18.0 Å². The summed E-state index contributed by atoms with van der Waals surface area (Å²) in [5.41, 5.74) is 0.743. The number of nitrogens with zero attached hydrogens (tertiary/aromatic N) is 2. The highest BCUT2D eigenvalue weighted by molar-refractivity contribution is 7.88. The number of carbonyl (C=O) groups excluding carboxylic acids is 2. The zero-order chi connectivity index (χ0) is 20.1. The van der Waals surface area contributed by atoms with Gasteiger partial charge in [0.25, 0.3) is 5.91 Å². The van der Waals surface area contributed by atoms with Crippen LogP contribution in [0.5, 0.6) is 0 Å². The lowest BCUT2D eigenvalue weighted by Gasteiger charge is -2.34. The minimum absolute atomic E-state index is 0.0436. The Morgan fingerprint density at radius 1 is 1.04 bits per heavy atom. The van der Waals surface area contributed by atoms with Gasteiger partial charge in [0.1, 0.15) is 0 Å². The fourth-order valence-electron chi connectivity index (χ4n) is 3.00. The highest BCUT2D eigenvalue weighted by Crippen LogP contribution is 2.15. The third-order valence-electron chi connectivity index (χ3n) is 4.54. The number of rotatable bonds is 6. The molecule has 3 rings (SSSR count). The average Bonchev–Trinajstić information content (AvgIpc) is 3.13. The maximum atomic E-state index is 12.6. The Bertz CT molecular complexity index is 933. The minimum Gasteiger partial charge on any atom is -0.342 e. The van der Waals surface area contributed by atoms with Gasteiger partial charge in [0.2, 0.25) is 15.9 Å². The van der Waals surface area contributed by atoms with Crippen molar-refractivity contribution in [1.29, 1.82) is 0 Å². The summed E-state index contributed by atoms with van der Waals surface area (Å²) in [6, 6.07) is 12.6. The summed E-state index contributed by atoms with van der Waals surface area (Å²) in [7, 11) is -3.42. The van der Waals surface area contributed by atoms with Crippen LogP contribution in [-0.2, 0) is 20.6 Å². The molecule has 0 atom stereocenters. The number of hydrogen-bond donors (Lipinski definition) is 1. The molecule has 1 saturated heterocycles. The molecule has 0 radical (unpaired) electrons. The van der Waals surface area contributed by atoms with E-state index in [-0.39, 0.29) is 37.2 Å². The van der Waals surface area contributed by atoms with Crippen molar-refractivity contribution in [2.24, 2.45) is 0 Å². The molecule has 0 spiro atoms. The second-order valence-corrected chi connectivity index (χ2v) is 9.87. The monoisotopic (exact) mass is 421 g/mol. The van der Waals surface area contributed by atoms with Gasteiger partial charge in [-0.05, 0) is 24.6 Å². The van der Waals surface area contributed by atoms with E-state index in [1.807, 2.05) is 31.2 Å². The fraction of sp³-hybridized carbons (Fsp3) is 0.368. The molecule has 1 aromatic carbocycles. The van der Waals surface area contributed by atoms with E-state index in [2.05, 4.69) is 5.32 Å². The van der Waals surface area contributed by atoms with E-state index in [1.54, 1.807) is 23.1 Å². The SMILES string of the molecule is Cc1ccc(C(=O)NCC(=O)N2CCN(S(=O)(=O)Cc3ccccc3)CC2)s1. The van der Waals surface area contributed by atoms with Crippen LogP contribution < -0.4 is 5.32 Å². The maximum Gasteiger partial charge on any atom is 0.261 e. The van der Waals surface area contributed by atoms with Gasteiger partial charge in [0.15, 0.2) is 0 Å². The smallest absolute Gasteiger partial charge is 0.261 e. The first-order chi connectivity index (χ1) is 13.3. The van der Waals surface area contributed by atoms with Crippen LogP contribution in [0.15, 0.2) is 42.5 Å². The number of carbonyl (C=O) groups is 2. The summed E-state index contributed by atoms with van der Waals surface area (Å²) < 4.78 is 26.6. The Morgan fingerprint density at radius 3 is 2.32 bits per heavy atom. The predicted octanol–water partition coefficient (Wildman–Crippen LogP) is 1.46. The first-order valence-corrected chi connectivity index (χ1v) is 11.4. The summed E-state index contributed by atoms with van der Waals surface area (Å²) in [6.07, 6.45) is 0. The van der Waals surface area contributed by atoms with Gasteiger partial charge < -0.3 is 10.2 Å². The van der Waals surface area contributed by atoms with Crippen LogP contribution >= 0.6 is 11.3 Å². The third-order valence-corrected chi connectivity index (χ3v) is 7.39. The third kappa shape index (κ3) is 5.18. The van der Waals surface area contributed by atoms with Gasteiger partial charge in [0, 0.05) is 31.1 Å². The van der Waals surface area contributed by atoms with Gasteiger partial charge in [-0.2, -0.15) is 4.31 Å². The number of nitrogens with one attached hydrogen (secondary N) is 1. The van der Waals surface area contributed by atoms with Gasteiger partial charge >= 0.3 is 0 Å². The standard InChI is InChI=1S/C19H23N3O4S2/c1-15-7-8-17(27-15)19(24)20-13-18(23)21-9-11-22(12-10-21)28(25,26)14-16-5-3-2-4-6-16/h2-8H,9-14H2,1H3,(H,20,24). The number of aryl methyl sites for hydroxylation is 1. The molecule has 28 heavy (non-hydrogen) atoms. The molecule has 0 saturated carbocycles. The van der Waals surface area contributed by atoms with Crippen molar-refractivity contribution in [2.75, 3.05) is 32.7 Å². The minimum atomic E-state index is -3.42. The van der Waals surface area contributed by atoms with E-state index in [0.29, 0.717) is 18.0 Å². The second-order valence-electron chi connectivity index (χ2n) is 6.61. The molecule has 150 valence electrons. The Hall–Kier alpha value is -2.23. The predicted molar refractivity (Wildman–Crippen MR) is 109 cm³/mol. The molecule has 1 aliphatic rings. The number of thiophene rings is 1. The van der Waals surface area contributed by atoms with Crippen molar-refractivity contribution in [3.05, 3.63) is 57.8 Å². The molecule has 0 aliphatic carbocycles. The zero-order valence-electron chi connectivity index (χ0n) is 15.6. The molecule has 1 aliphatic heterocycles. The molecule has 2 heterocycles. The van der Waals surface area contributed by atoms with Gasteiger partial charge in [-0.25, -0.2) is 8.42 Å². The van der Waals surface area contributed by atoms with Crippen LogP contribution in [0.3, 0.4) is 0 Å². The van der Waals surface area contributed by atoms with Gasteiger partial charge in [-0.1, -0.05) is 30.3 Å². The lowest BCUT2D eigenvalue weighted by atomic mass is 10.2. The van der Waals surface area contributed by atoms with Crippen molar-refractivity contribution in [3.63, 3.8) is 0 Å². The highest BCUT2D eigenvalue weighted by atomic mass is 32.2. The lowest BCUT2D eigenvalue weighted by Crippen LogP contribution is -2.52. The topological polar surface area (TPSA) is 86.8 Å². The van der Waals surface area contributed by atoms with Crippen LogP contribution in [0.2, 0.25) is 0 Å².